The Hall–Kier alpha value is -2.30. The summed E-state index contributed by atoms with van der Waals surface area (Å²) in [6.45, 7) is 3.51. The van der Waals surface area contributed by atoms with E-state index in [4.69, 9.17) is 34.8 Å². The average molecular weight is 463 g/mol. The number of hydrogen-bond acceptors (Lipinski definition) is 5. The molecule has 2 aromatic heterocycles. The molecule has 1 saturated heterocycles. The first-order valence-corrected chi connectivity index (χ1v) is 10.5. The van der Waals surface area contributed by atoms with Gasteiger partial charge >= 0.3 is 0 Å². The third-order valence-electron chi connectivity index (χ3n) is 5.39. The fourth-order valence-electron chi connectivity index (χ4n) is 3.80. The van der Waals surface area contributed by atoms with Crippen LogP contribution in [0.5, 0.6) is 0 Å². The summed E-state index contributed by atoms with van der Waals surface area (Å²) in [6, 6.07) is 11.0. The summed E-state index contributed by atoms with van der Waals surface area (Å²) >= 11 is 18.4. The van der Waals surface area contributed by atoms with Crippen LogP contribution in [0.2, 0.25) is 15.2 Å². The van der Waals surface area contributed by atoms with E-state index in [1.807, 2.05) is 17.0 Å². The minimum absolute atomic E-state index is 0.0916. The predicted molar refractivity (Wildman–Crippen MR) is 121 cm³/mol. The number of benzene rings is 1. The fraction of sp³-hybridized carbons (Fsp3) is 0.286. The number of hydrogen-bond donors (Lipinski definition) is 0. The predicted octanol–water partition coefficient (Wildman–Crippen LogP) is 4.09. The second kappa shape index (κ2) is 8.44. The molecule has 0 bridgehead atoms. The number of aromatic nitrogens is 2. The smallest absolute Gasteiger partial charge is 0.270 e. The van der Waals surface area contributed by atoms with Crippen molar-refractivity contribution < 1.29 is 0 Å². The third-order valence-corrected chi connectivity index (χ3v) is 6.19. The first-order chi connectivity index (χ1) is 14.4. The number of halogens is 3. The monoisotopic (exact) mass is 461 g/mol. The lowest BCUT2D eigenvalue weighted by molar-refractivity contribution is 0.250. The molecule has 1 aliphatic heterocycles. The molecule has 1 fully saturated rings. The second-order valence-electron chi connectivity index (χ2n) is 7.20. The van der Waals surface area contributed by atoms with Gasteiger partial charge in [0.1, 0.15) is 22.3 Å². The summed E-state index contributed by atoms with van der Waals surface area (Å²) in [5.74, 6) is 0. The van der Waals surface area contributed by atoms with Crippen LogP contribution in [0.3, 0.4) is 0 Å². The van der Waals surface area contributed by atoms with E-state index in [0.29, 0.717) is 51.6 Å². The van der Waals surface area contributed by atoms with Crippen LogP contribution in [-0.4, -0.2) is 40.6 Å². The quantitative estimate of drug-likeness (QED) is 0.549. The van der Waals surface area contributed by atoms with E-state index in [1.54, 1.807) is 25.2 Å². The normalized spacial score (nSPS) is 14.8. The fourth-order valence-corrected chi connectivity index (χ4v) is 4.41. The van der Waals surface area contributed by atoms with Gasteiger partial charge in [0.05, 0.1) is 11.2 Å². The summed E-state index contributed by atoms with van der Waals surface area (Å²) in [6.07, 6.45) is 0. The highest BCUT2D eigenvalue weighted by molar-refractivity contribution is 6.35. The van der Waals surface area contributed by atoms with Crippen molar-refractivity contribution >= 4 is 51.5 Å². The Labute approximate surface area is 188 Å². The molecule has 6 nitrogen and oxygen atoms in total. The summed E-state index contributed by atoms with van der Waals surface area (Å²) in [5, 5.41) is 11.3. The molecule has 1 aromatic carbocycles. The Morgan fingerprint density at radius 3 is 2.50 bits per heavy atom. The lowest BCUT2D eigenvalue weighted by Crippen LogP contribution is -2.47. The first-order valence-electron chi connectivity index (χ1n) is 9.39. The molecule has 0 atom stereocenters. The zero-order valence-electron chi connectivity index (χ0n) is 16.2. The number of fused-ring (bicyclic) bond motifs is 1. The lowest BCUT2D eigenvalue weighted by atomic mass is 10.1. The molecule has 30 heavy (non-hydrogen) atoms. The maximum atomic E-state index is 12.7. The minimum Gasteiger partial charge on any atom is -0.366 e. The van der Waals surface area contributed by atoms with Gasteiger partial charge in [0.2, 0.25) is 0 Å². The molecule has 3 aromatic rings. The number of piperazine rings is 1. The molecule has 3 heterocycles. The lowest BCUT2D eigenvalue weighted by Gasteiger charge is -2.36. The molecule has 4 rings (SSSR count). The van der Waals surface area contributed by atoms with E-state index in [2.05, 4.69) is 16.0 Å². The summed E-state index contributed by atoms with van der Waals surface area (Å²) < 4.78 is 1.44. The maximum absolute atomic E-state index is 12.7. The van der Waals surface area contributed by atoms with Crippen LogP contribution in [0.25, 0.3) is 11.0 Å². The largest absolute Gasteiger partial charge is 0.366 e. The Bertz CT molecular complexity index is 1230. The molecule has 0 radical (unpaired) electrons. The number of nitriles is 1. The molecule has 0 aliphatic carbocycles. The Morgan fingerprint density at radius 1 is 1.10 bits per heavy atom. The van der Waals surface area contributed by atoms with Gasteiger partial charge in [-0.15, -0.1) is 0 Å². The molecular weight excluding hydrogens is 445 g/mol. The highest BCUT2D eigenvalue weighted by Crippen LogP contribution is 2.29. The van der Waals surface area contributed by atoms with Crippen molar-refractivity contribution in [1.29, 1.82) is 5.26 Å². The van der Waals surface area contributed by atoms with Crippen molar-refractivity contribution in [3.8, 4) is 6.07 Å². The van der Waals surface area contributed by atoms with Gasteiger partial charge in [-0.25, -0.2) is 4.98 Å². The molecule has 1 aliphatic rings. The van der Waals surface area contributed by atoms with Gasteiger partial charge in [-0.1, -0.05) is 40.9 Å². The Morgan fingerprint density at radius 2 is 1.83 bits per heavy atom. The molecule has 154 valence electrons. The number of aryl methyl sites for hydroxylation is 1. The standard InChI is InChI=1S/C21H18Cl3N5O/c1-27-17-4-5-18(24)26-19(17)20(15(11-25)21(27)30)29-8-6-28(7-9-29)12-13-2-3-14(22)10-16(13)23/h2-5,10H,6-9,12H2,1H3. The van der Waals surface area contributed by atoms with Crippen LogP contribution in [0.15, 0.2) is 35.1 Å². The van der Waals surface area contributed by atoms with Gasteiger partial charge in [0.15, 0.2) is 0 Å². The van der Waals surface area contributed by atoms with E-state index in [9.17, 15) is 10.1 Å². The minimum atomic E-state index is -0.334. The van der Waals surface area contributed by atoms with Crippen molar-refractivity contribution in [3.05, 3.63) is 67.0 Å². The molecular formula is C21H18Cl3N5O. The summed E-state index contributed by atoms with van der Waals surface area (Å²) in [5.41, 5.74) is 2.54. The second-order valence-corrected chi connectivity index (χ2v) is 8.43. The topological polar surface area (TPSA) is 65.2 Å². The van der Waals surface area contributed by atoms with Crippen molar-refractivity contribution in [2.45, 2.75) is 6.54 Å². The van der Waals surface area contributed by atoms with Gasteiger partial charge in [0.25, 0.3) is 5.56 Å². The van der Waals surface area contributed by atoms with Crippen molar-refractivity contribution in [3.63, 3.8) is 0 Å². The van der Waals surface area contributed by atoms with Crippen LogP contribution in [-0.2, 0) is 13.6 Å². The van der Waals surface area contributed by atoms with Crippen molar-refractivity contribution in [1.82, 2.24) is 14.5 Å². The van der Waals surface area contributed by atoms with Crippen LogP contribution >= 0.6 is 34.8 Å². The highest BCUT2D eigenvalue weighted by Gasteiger charge is 2.25. The van der Waals surface area contributed by atoms with Crippen LogP contribution in [0, 0.1) is 11.3 Å². The Kier molecular flexibility index (Phi) is 5.90. The van der Waals surface area contributed by atoms with Crippen molar-refractivity contribution in [2.75, 3.05) is 31.1 Å². The number of rotatable bonds is 3. The van der Waals surface area contributed by atoms with Gasteiger partial charge in [0, 0.05) is 49.8 Å². The van der Waals surface area contributed by atoms with Gasteiger partial charge in [-0.2, -0.15) is 5.26 Å². The third kappa shape index (κ3) is 3.86. The van der Waals surface area contributed by atoms with E-state index in [-0.39, 0.29) is 11.1 Å². The van der Waals surface area contributed by atoms with Crippen LogP contribution in [0.4, 0.5) is 5.69 Å². The molecule has 0 amide bonds. The van der Waals surface area contributed by atoms with E-state index >= 15 is 0 Å². The molecule has 0 unspecified atom stereocenters. The molecule has 9 heteroatoms. The average Bonchev–Trinajstić information content (AvgIpc) is 2.73. The maximum Gasteiger partial charge on any atom is 0.270 e. The van der Waals surface area contributed by atoms with Gasteiger partial charge < -0.3 is 9.47 Å². The zero-order valence-corrected chi connectivity index (χ0v) is 18.5. The van der Waals surface area contributed by atoms with Crippen LogP contribution in [0.1, 0.15) is 11.1 Å². The number of nitrogens with zero attached hydrogens (tertiary/aromatic N) is 5. The van der Waals surface area contributed by atoms with E-state index in [0.717, 1.165) is 18.7 Å². The molecule has 0 N–H and O–H groups in total. The SMILES string of the molecule is Cn1c(=O)c(C#N)c(N2CCN(Cc3ccc(Cl)cc3Cl)CC2)c2nc(Cl)ccc21. The number of anilines is 1. The molecule has 0 saturated carbocycles. The highest BCUT2D eigenvalue weighted by atomic mass is 35.5. The van der Waals surface area contributed by atoms with Crippen LogP contribution < -0.4 is 10.5 Å². The van der Waals surface area contributed by atoms with Gasteiger partial charge in [-0.05, 0) is 29.8 Å². The zero-order chi connectivity index (χ0) is 21.4. The summed E-state index contributed by atoms with van der Waals surface area (Å²) in [7, 11) is 1.64. The van der Waals surface area contributed by atoms with E-state index < -0.39 is 0 Å². The Balaban J connectivity index is 1.63. The molecule has 0 spiro atoms. The first kappa shape index (κ1) is 21.0. The van der Waals surface area contributed by atoms with Gasteiger partial charge in [-0.3, -0.25) is 9.69 Å². The number of pyridine rings is 2. The van der Waals surface area contributed by atoms with E-state index in [1.165, 1.54) is 4.57 Å². The summed E-state index contributed by atoms with van der Waals surface area (Å²) in [4.78, 5) is 21.5. The van der Waals surface area contributed by atoms with Crippen molar-refractivity contribution in [2.24, 2.45) is 7.05 Å².